The highest BCUT2D eigenvalue weighted by Gasteiger charge is 2.26. The Morgan fingerprint density at radius 2 is 1.89 bits per heavy atom. The molecule has 0 bridgehead atoms. The number of carbonyl (C=O) groups is 1. The molecule has 6 nitrogen and oxygen atoms in total. The Morgan fingerprint density at radius 1 is 1.07 bits per heavy atom. The molecule has 3 heterocycles. The first-order chi connectivity index (χ1) is 13.7. The molecule has 0 unspecified atom stereocenters. The third-order valence-corrected chi connectivity index (χ3v) is 5.69. The minimum absolute atomic E-state index is 0.0538. The normalized spacial score (nSPS) is 16.5. The summed E-state index contributed by atoms with van der Waals surface area (Å²) in [6.45, 7) is 1.71. The molecule has 3 aromatic rings. The van der Waals surface area contributed by atoms with E-state index in [1.807, 2.05) is 23.1 Å². The number of methoxy groups -OCH3 is 1. The van der Waals surface area contributed by atoms with Crippen LogP contribution in [0.1, 0.15) is 34.8 Å². The van der Waals surface area contributed by atoms with Gasteiger partial charge < -0.3 is 24.1 Å². The Morgan fingerprint density at radius 3 is 2.71 bits per heavy atom. The number of fused-ring (bicyclic) bond motifs is 2. The fraction of sp³-hybridized carbons (Fsp3) is 0.318. The summed E-state index contributed by atoms with van der Waals surface area (Å²) < 4.78 is 16.0. The van der Waals surface area contributed by atoms with Crippen LogP contribution >= 0.6 is 0 Å². The smallest absolute Gasteiger partial charge is 0.253 e. The van der Waals surface area contributed by atoms with E-state index in [2.05, 4.69) is 17.1 Å². The van der Waals surface area contributed by atoms with Gasteiger partial charge in [0.05, 0.1) is 7.11 Å². The Labute approximate surface area is 163 Å². The van der Waals surface area contributed by atoms with E-state index in [9.17, 15) is 4.79 Å². The summed E-state index contributed by atoms with van der Waals surface area (Å²) in [7, 11) is 1.68. The molecule has 6 heteroatoms. The van der Waals surface area contributed by atoms with Gasteiger partial charge in [-0.05, 0) is 55.3 Å². The van der Waals surface area contributed by atoms with Crippen LogP contribution in [-0.2, 0) is 0 Å². The Kier molecular flexibility index (Phi) is 4.11. The fourth-order valence-electron chi connectivity index (χ4n) is 4.09. The van der Waals surface area contributed by atoms with E-state index in [4.69, 9.17) is 14.2 Å². The maximum absolute atomic E-state index is 12.9. The second kappa shape index (κ2) is 6.78. The summed E-state index contributed by atoms with van der Waals surface area (Å²) in [6, 6.07) is 13.7. The van der Waals surface area contributed by atoms with Gasteiger partial charge in [-0.2, -0.15) is 0 Å². The molecule has 0 aliphatic carbocycles. The molecule has 1 aromatic heterocycles. The van der Waals surface area contributed by atoms with E-state index in [0.717, 1.165) is 42.6 Å². The molecule has 1 N–H and O–H groups in total. The number of likely N-dealkylation sites (tertiary alicyclic amines) is 1. The molecule has 1 amide bonds. The van der Waals surface area contributed by atoms with Gasteiger partial charge in [0, 0.05) is 41.2 Å². The zero-order valence-corrected chi connectivity index (χ0v) is 15.7. The molecule has 2 aliphatic rings. The maximum Gasteiger partial charge on any atom is 0.253 e. The number of aromatic nitrogens is 1. The van der Waals surface area contributed by atoms with Gasteiger partial charge in [-0.3, -0.25) is 4.79 Å². The van der Waals surface area contributed by atoms with E-state index in [0.29, 0.717) is 23.0 Å². The molecule has 28 heavy (non-hydrogen) atoms. The highest BCUT2D eigenvalue weighted by Crippen LogP contribution is 2.34. The summed E-state index contributed by atoms with van der Waals surface area (Å²) in [5.41, 5.74) is 3.01. The van der Waals surface area contributed by atoms with Crippen LogP contribution in [0.15, 0.2) is 42.5 Å². The lowest BCUT2D eigenvalue weighted by atomic mass is 9.93. The third kappa shape index (κ3) is 2.95. The topological polar surface area (TPSA) is 63.8 Å². The lowest BCUT2D eigenvalue weighted by molar-refractivity contribution is 0.0712. The number of carbonyl (C=O) groups excluding carboxylic acids is 1. The Balaban J connectivity index is 1.27. The molecule has 5 rings (SSSR count). The fourth-order valence-corrected chi connectivity index (χ4v) is 4.09. The molecule has 1 fully saturated rings. The summed E-state index contributed by atoms with van der Waals surface area (Å²) in [6.07, 6.45) is 1.89. The van der Waals surface area contributed by atoms with Crippen molar-refractivity contribution in [2.45, 2.75) is 18.8 Å². The number of nitrogens with zero attached hydrogens (tertiary/aromatic N) is 1. The molecule has 144 valence electrons. The van der Waals surface area contributed by atoms with Gasteiger partial charge >= 0.3 is 0 Å². The number of amides is 1. The van der Waals surface area contributed by atoms with Crippen LogP contribution in [0.5, 0.6) is 17.2 Å². The van der Waals surface area contributed by atoms with Crippen LogP contribution in [0.3, 0.4) is 0 Å². The van der Waals surface area contributed by atoms with Gasteiger partial charge in [-0.15, -0.1) is 0 Å². The number of hydrogen-bond acceptors (Lipinski definition) is 4. The standard InChI is InChI=1S/C22H22N2O4/c1-26-17-3-4-18-16(10-17)11-19(23-18)14-6-8-24(9-7-14)22(25)15-2-5-20-21(12-15)28-13-27-20/h2-5,10-12,14,23H,6-9,13H2,1H3. The van der Waals surface area contributed by atoms with E-state index in [1.165, 1.54) is 5.69 Å². The van der Waals surface area contributed by atoms with Crippen molar-refractivity contribution in [2.75, 3.05) is 27.0 Å². The first-order valence-corrected chi connectivity index (χ1v) is 9.57. The number of piperidine rings is 1. The predicted molar refractivity (Wildman–Crippen MR) is 105 cm³/mol. The Hall–Kier alpha value is -3.15. The first kappa shape index (κ1) is 17.0. The van der Waals surface area contributed by atoms with E-state index < -0.39 is 0 Å². The van der Waals surface area contributed by atoms with Crippen molar-refractivity contribution in [1.82, 2.24) is 9.88 Å². The first-order valence-electron chi connectivity index (χ1n) is 9.57. The van der Waals surface area contributed by atoms with Crippen molar-refractivity contribution in [3.63, 3.8) is 0 Å². The number of aromatic amines is 1. The molecule has 1 saturated heterocycles. The van der Waals surface area contributed by atoms with Crippen LogP contribution in [-0.4, -0.2) is 42.8 Å². The zero-order valence-electron chi connectivity index (χ0n) is 15.7. The van der Waals surface area contributed by atoms with Crippen molar-refractivity contribution in [2.24, 2.45) is 0 Å². The summed E-state index contributed by atoms with van der Waals surface area (Å²) in [5, 5.41) is 1.16. The monoisotopic (exact) mass is 378 g/mol. The number of nitrogens with one attached hydrogen (secondary N) is 1. The number of hydrogen-bond donors (Lipinski definition) is 1. The molecule has 0 saturated carbocycles. The molecule has 0 atom stereocenters. The average molecular weight is 378 g/mol. The van der Waals surface area contributed by atoms with E-state index in [1.54, 1.807) is 19.2 Å². The minimum atomic E-state index is 0.0538. The van der Waals surface area contributed by atoms with Crippen molar-refractivity contribution in [3.05, 3.63) is 53.7 Å². The number of rotatable bonds is 3. The highest BCUT2D eigenvalue weighted by atomic mass is 16.7. The van der Waals surface area contributed by atoms with Gasteiger partial charge in [0.1, 0.15) is 5.75 Å². The van der Waals surface area contributed by atoms with Crippen molar-refractivity contribution < 1.29 is 19.0 Å². The molecule has 0 spiro atoms. The van der Waals surface area contributed by atoms with Crippen molar-refractivity contribution in [1.29, 1.82) is 0 Å². The quantitative estimate of drug-likeness (QED) is 0.750. The van der Waals surface area contributed by atoms with Crippen molar-refractivity contribution in [3.8, 4) is 17.2 Å². The molecular formula is C22H22N2O4. The van der Waals surface area contributed by atoms with Crippen LogP contribution in [0.25, 0.3) is 10.9 Å². The van der Waals surface area contributed by atoms with E-state index in [-0.39, 0.29) is 12.7 Å². The number of H-pyrrole nitrogens is 1. The second-order valence-corrected chi connectivity index (χ2v) is 7.31. The van der Waals surface area contributed by atoms with Crippen LogP contribution in [0.4, 0.5) is 0 Å². The SMILES string of the molecule is COc1ccc2[nH]c(C3CCN(C(=O)c4ccc5c(c4)OCO5)CC3)cc2c1. The molecular weight excluding hydrogens is 356 g/mol. The second-order valence-electron chi connectivity index (χ2n) is 7.31. The largest absolute Gasteiger partial charge is 0.497 e. The summed E-state index contributed by atoms with van der Waals surface area (Å²) >= 11 is 0. The number of benzene rings is 2. The van der Waals surface area contributed by atoms with Gasteiger partial charge in [0.25, 0.3) is 5.91 Å². The maximum atomic E-state index is 12.9. The van der Waals surface area contributed by atoms with Gasteiger partial charge in [0.2, 0.25) is 6.79 Å². The Bertz CT molecular complexity index is 1030. The van der Waals surface area contributed by atoms with Crippen LogP contribution < -0.4 is 14.2 Å². The predicted octanol–water partition coefficient (Wildman–Crippen LogP) is 3.93. The highest BCUT2D eigenvalue weighted by molar-refractivity contribution is 5.95. The summed E-state index contributed by atoms with van der Waals surface area (Å²) in [5.74, 6) is 2.69. The lowest BCUT2D eigenvalue weighted by Gasteiger charge is -2.31. The van der Waals surface area contributed by atoms with Gasteiger partial charge in [0.15, 0.2) is 11.5 Å². The van der Waals surface area contributed by atoms with Gasteiger partial charge in [-0.25, -0.2) is 0 Å². The van der Waals surface area contributed by atoms with Crippen LogP contribution in [0.2, 0.25) is 0 Å². The van der Waals surface area contributed by atoms with E-state index >= 15 is 0 Å². The minimum Gasteiger partial charge on any atom is -0.497 e. The number of ether oxygens (including phenoxy) is 3. The molecule has 0 radical (unpaired) electrons. The van der Waals surface area contributed by atoms with Crippen molar-refractivity contribution >= 4 is 16.8 Å². The summed E-state index contributed by atoms with van der Waals surface area (Å²) in [4.78, 5) is 18.3. The molecule has 2 aromatic carbocycles. The van der Waals surface area contributed by atoms with Gasteiger partial charge in [-0.1, -0.05) is 0 Å². The third-order valence-electron chi connectivity index (χ3n) is 5.69. The lowest BCUT2D eigenvalue weighted by Crippen LogP contribution is -2.37. The van der Waals surface area contributed by atoms with Crippen LogP contribution in [0, 0.1) is 0 Å². The zero-order chi connectivity index (χ0) is 19.1. The average Bonchev–Trinajstić information content (AvgIpc) is 3.38. The molecule has 2 aliphatic heterocycles.